The predicted octanol–water partition coefficient (Wildman–Crippen LogP) is 4.46. The van der Waals surface area contributed by atoms with Crippen molar-refractivity contribution in [1.29, 1.82) is 0 Å². The van der Waals surface area contributed by atoms with Crippen molar-refractivity contribution in [2.24, 2.45) is 5.92 Å². The number of carbonyl (C=O) groups is 1. The molecule has 1 aromatic carbocycles. The highest BCUT2D eigenvalue weighted by Gasteiger charge is 2.31. The Balaban J connectivity index is 1.75. The lowest BCUT2D eigenvalue weighted by Gasteiger charge is -2.35. The maximum absolute atomic E-state index is 12.8. The molecule has 0 spiro atoms. The monoisotopic (exact) mass is 324 g/mol. The quantitative estimate of drug-likeness (QED) is 0.738. The molecule has 1 aliphatic carbocycles. The van der Waals surface area contributed by atoms with Crippen molar-refractivity contribution < 1.29 is 4.79 Å². The summed E-state index contributed by atoms with van der Waals surface area (Å²) in [6, 6.07) is 15.0. The minimum absolute atomic E-state index is 0.261. The van der Waals surface area contributed by atoms with E-state index in [-0.39, 0.29) is 12.0 Å². The Labute approximate surface area is 145 Å². The fourth-order valence-corrected chi connectivity index (χ4v) is 3.26. The van der Waals surface area contributed by atoms with Gasteiger partial charge in [-0.1, -0.05) is 43.7 Å². The van der Waals surface area contributed by atoms with E-state index in [1.165, 1.54) is 17.7 Å². The van der Waals surface area contributed by atoms with Crippen LogP contribution in [-0.4, -0.2) is 21.4 Å². The molecule has 24 heavy (non-hydrogen) atoms. The van der Waals surface area contributed by atoms with Crippen LogP contribution < -0.4 is 0 Å². The molecule has 1 saturated carbocycles. The van der Waals surface area contributed by atoms with Gasteiger partial charge in [-0.2, -0.15) is 0 Å². The largest absolute Gasteiger partial charge is 0.345 e. The van der Waals surface area contributed by atoms with E-state index in [1.54, 1.807) is 0 Å². The second-order valence-corrected chi connectivity index (χ2v) is 6.96. The molecule has 1 aromatic heterocycles. The Morgan fingerprint density at radius 1 is 1.21 bits per heavy atom. The third-order valence-corrected chi connectivity index (χ3v) is 5.31. The lowest BCUT2D eigenvalue weighted by atomic mass is 9.84. The molecule has 1 unspecified atom stereocenters. The van der Waals surface area contributed by atoms with Crippen LogP contribution in [0.4, 0.5) is 0 Å². The van der Waals surface area contributed by atoms with Crippen LogP contribution in [0.1, 0.15) is 50.8 Å². The molecule has 0 bridgehead atoms. The maximum Gasteiger partial charge on any atom is 0.226 e. The summed E-state index contributed by atoms with van der Waals surface area (Å²) in [4.78, 5) is 14.9. The molecule has 1 fully saturated rings. The molecule has 1 amide bonds. The van der Waals surface area contributed by atoms with Gasteiger partial charge in [-0.3, -0.25) is 4.79 Å². The first-order valence-corrected chi connectivity index (χ1v) is 9.17. The molecule has 0 radical (unpaired) electrons. The number of rotatable bonds is 7. The molecule has 3 rings (SSSR count). The lowest BCUT2D eigenvalue weighted by molar-refractivity contribution is -0.141. The number of amides is 1. The SMILES string of the molecule is CCC(C)N(Cc1cccn1Cc1ccccc1)C(=O)C1CCC1. The number of carbonyl (C=O) groups excluding carboxylic acids is 1. The van der Waals surface area contributed by atoms with E-state index >= 15 is 0 Å². The molecule has 2 aromatic rings. The van der Waals surface area contributed by atoms with E-state index in [0.717, 1.165) is 25.8 Å². The molecule has 0 N–H and O–H groups in total. The van der Waals surface area contributed by atoms with Gasteiger partial charge in [0.2, 0.25) is 5.91 Å². The van der Waals surface area contributed by atoms with Crippen molar-refractivity contribution in [2.45, 2.75) is 58.7 Å². The fraction of sp³-hybridized carbons (Fsp3) is 0.476. The van der Waals surface area contributed by atoms with Gasteiger partial charge in [0, 0.05) is 30.4 Å². The summed E-state index contributed by atoms with van der Waals surface area (Å²) in [7, 11) is 0. The summed E-state index contributed by atoms with van der Waals surface area (Å²) < 4.78 is 2.26. The Hall–Kier alpha value is -2.03. The zero-order valence-electron chi connectivity index (χ0n) is 14.8. The predicted molar refractivity (Wildman–Crippen MR) is 97.6 cm³/mol. The van der Waals surface area contributed by atoms with Crippen LogP contribution in [0.5, 0.6) is 0 Å². The highest BCUT2D eigenvalue weighted by molar-refractivity contribution is 5.79. The molecule has 3 nitrogen and oxygen atoms in total. The minimum atomic E-state index is 0.261. The zero-order chi connectivity index (χ0) is 16.9. The summed E-state index contributed by atoms with van der Waals surface area (Å²) in [5.41, 5.74) is 2.50. The summed E-state index contributed by atoms with van der Waals surface area (Å²) in [6.45, 7) is 5.90. The van der Waals surface area contributed by atoms with Crippen LogP contribution in [0.25, 0.3) is 0 Å². The van der Waals surface area contributed by atoms with Crippen molar-refractivity contribution in [3.8, 4) is 0 Å². The van der Waals surface area contributed by atoms with Gasteiger partial charge in [0.15, 0.2) is 0 Å². The van der Waals surface area contributed by atoms with Crippen molar-refractivity contribution in [3.05, 3.63) is 59.9 Å². The van der Waals surface area contributed by atoms with Gasteiger partial charge in [0.1, 0.15) is 0 Å². The Morgan fingerprint density at radius 2 is 1.96 bits per heavy atom. The summed E-state index contributed by atoms with van der Waals surface area (Å²) in [6.07, 6.45) is 6.45. The first kappa shape index (κ1) is 16.8. The van der Waals surface area contributed by atoms with Crippen molar-refractivity contribution in [2.75, 3.05) is 0 Å². The highest BCUT2D eigenvalue weighted by Crippen LogP contribution is 2.30. The van der Waals surface area contributed by atoms with E-state index in [1.807, 2.05) is 6.07 Å². The molecule has 1 aliphatic rings. The van der Waals surface area contributed by atoms with E-state index < -0.39 is 0 Å². The standard InChI is InChI=1S/C21H28N2O/c1-3-17(2)23(21(24)19-11-7-12-19)16-20-13-8-14-22(20)15-18-9-5-4-6-10-18/h4-6,8-10,13-14,17,19H,3,7,11-12,15-16H2,1-2H3. The van der Waals surface area contributed by atoms with E-state index in [2.05, 4.69) is 65.9 Å². The van der Waals surface area contributed by atoms with Crippen LogP contribution in [0.2, 0.25) is 0 Å². The van der Waals surface area contributed by atoms with Crippen LogP contribution >= 0.6 is 0 Å². The van der Waals surface area contributed by atoms with Gasteiger partial charge in [-0.05, 0) is 43.9 Å². The van der Waals surface area contributed by atoms with Crippen LogP contribution in [0.15, 0.2) is 48.7 Å². The van der Waals surface area contributed by atoms with Crippen LogP contribution in [0.3, 0.4) is 0 Å². The number of hydrogen-bond acceptors (Lipinski definition) is 1. The van der Waals surface area contributed by atoms with Gasteiger partial charge in [-0.15, -0.1) is 0 Å². The normalized spacial score (nSPS) is 15.8. The smallest absolute Gasteiger partial charge is 0.226 e. The molecule has 3 heteroatoms. The number of aromatic nitrogens is 1. The minimum Gasteiger partial charge on any atom is -0.345 e. The molecule has 0 aliphatic heterocycles. The van der Waals surface area contributed by atoms with Crippen molar-refractivity contribution >= 4 is 5.91 Å². The average Bonchev–Trinajstić information content (AvgIpc) is 2.98. The Morgan fingerprint density at radius 3 is 2.58 bits per heavy atom. The summed E-state index contributed by atoms with van der Waals surface area (Å²) in [5, 5.41) is 0. The molecule has 128 valence electrons. The zero-order valence-corrected chi connectivity index (χ0v) is 14.8. The van der Waals surface area contributed by atoms with E-state index in [9.17, 15) is 4.79 Å². The van der Waals surface area contributed by atoms with Gasteiger partial charge in [0.05, 0.1) is 6.54 Å². The summed E-state index contributed by atoms with van der Waals surface area (Å²) >= 11 is 0. The average molecular weight is 324 g/mol. The first-order chi connectivity index (χ1) is 11.7. The number of benzene rings is 1. The second kappa shape index (κ2) is 7.69. The maximum atomic E-state index is 12.8. The Bertz CT molecular complexity index is 657. The third-order valence-electron chi connectivity index (χ3n) is 5.31. The number of nitrogens with zero attached hydrogens (tertiary/aromatic N) is 2. The van der Waals surface area contributed by atoms with Crippen LogP contribution in [-0.2, 0) is 17.9 Å². The van der Waals surface area contributed by atoms with Crippen molar-refractivity contribution in [1.82, 2.24) is 9.47 Å². The van der Waals surface area contributed by atoms with Gasteiger partial charge in [-0.25, -0.2) is 0 Å². The topological polar surface area (TPSA) is 25.2 Å². The molecule has 1 heterocycles. The third kappa shape index (κ3) is 3.72. The molecular weight excluding hydrogens is 296 g/mol. The number of hydrogen-bond donors (Lipinski definition) is 0. The van der Waals surface area contributed by atoms with Gasteiger partial charge >= 0.3 is 0 Å². The van der Waals surface area contributed by atoms with Crippen LogP contribution in [0, 0.1) is 5.92 Å². The molecule has 0 saturated heterocycles. The highest BCUT2D eigenvalue weighted by atomic mass is 16.2. The lowest BCUT2D eigenvalue weighted by Crippen LogP contribution is -2.43. The summed E-state index contributed by atoms with van der Waals surface area (Å²) in [5.74, 6) is 0.611. The van der Waals surface area contributed by atoms with Gasteiger partial charge in [0.25, 0.3) is 0 Å². The molecule has 1 atom stereocenters. The Kier molecular flexibility index (Phi) is 5.39. The van der Waals surface area contributed by atoms with Crippen molar-refractivity contribution in [3.63, 3.8) is 0 Å². The van der Waals surface area contributed by atoms with E-state index in [4.69, 9.17) is 0 Å². The fourth-order valence-electron chi connectivity index (χ4n) is 3.26. The molecular formula is C21H28N2O. The second-order valence-electron chi connectivity index (χ2n) is 6.96. The van der Waals surface area contributed by atoms with E-state index in [0.29, 0.717) is 12.5 Å². The van der Waals surface area contributed by atoms with Gasteiger partial charge < -0.3 is 9.47 Å². The first-order valence-electron chi connectivity index (χ1n) is 9.17.